The van der Waals surface area contributed by atoms with Gasteiger partial charge in [-0.15, -0.1) is 0 Å². The molecule has 0 N–H and O–H groups in total. The van der Waals surface area contributed by atoms with Crippen LogP contribution in [0.5, 0.6) is 0 Å². The van der Waals surface area contributed by atoms with Crippen molar-refractivity contribution in [2.75, 3.05) is 19.8 Å². The Balaban J connectivity index is 3.19. The van der Waals surface area contributed by atoms with Gasteiger partial charge in [0.25, 0.3) is 0 Å². The van der Waals surface area contributed by atoms with Crippen LogP contribution in [-0.4, -0.2) is 25.9 Å². The Morgan fingerprint density at radius 1 is 1.08 bits per heavy atom. The molecular weight excluding hydrogens is 152 g/mol. The van der Waals surface area contributed by atoms with Crippen molar-refractivity contribution in [2.45, 2.75) is 46.1 Å². The molecule has 0 saturated carbocycles. The molecule has 0 saturated heterocycles. The molecule has 0 aromatic heterocycles. The summed E-state index contributed by atoms with van der Waals surface area (Å²) in [7, 11) is 0. The molecule has 0 fully saturated rings. The van der Waals surface area contributed by atoms with Gasteiger partial charge < -0.3 is 9.47 Å². The maximum atomic E-state index is 5.52. The topological polar surface area (TPSA) is 18.5 Å². The van der Waals surface area contributed by atoms with Crippen molar-refractivity contribution < 1.29 is 9.47 Å². The summed E-state index contributed by atoms with van der Waals surface area (Å²) in [6.07, 6.45) is 3.80. The summed E-state index contributed by atoms with van der Waals surface area (Å²) < 4.78 is 10.8. The first kappa shape index (κ1) is 11.9. The minimum atomic E-state index is 0.440. The fourth-order valence-corrected chi connectivity index (χ4v) is 1.20. The second-order valence-corrected chi connectivity index (χ2v) is 2.82. The lowest BCUT2D eigenvalue weighted by Crippen LogP contribution is -2.12. The molecule has 0 rings (SSSR count). The molecule has 2 heteroatoms. The van der Waals surface area contributed by atoms with Crippen LogP contribution in [0.25, 0.3) is 0 Å². The monoisotopic (exact) mass is 174 g/mol. The van der Waals surface area contributed by atoms with Crippen LogP contribution in [0, 0.1) is 0 Å². The van der Waals surface area contributed by atoms with E-state index >= 15 is 0 Å². The van der Waals surface area contributed by atoms with Gasteiger partial charge in [0.2, 0.25) is 0 Å². The van der Waals surface area contributed by atoms with E-state index in [1.165, 1.54) is 0 Å². The fraction of sp³-hybridized carbons (Fsp3) is 1.00. The Bertz CT molecular complexity index is 83.9. The predicted octanol–water partition coefficient (Wildman–Crippen LogP) is 2.62. The molecule has 0 aliphatic carbocycles. The summed E-state index contributed by atoms with van der Waals surface area (Å²) in [4.78, 5) is 0. The van der Waals surface area contributed by atoms with Crippen molar-refractivity contribution >= 4 is 0 Å². The highest BCUT2D eigenvalue weighted by Crippen LogP contribution is 2.06. The molecule has 0 radical (unpaired) electrons. The lowest BCUT2D eigenvalue weighted by Gasteiger charge is -2.14. The molecule has 0 bridgehead atoms. The Morgan fingerprint density at radius 3 is 2.33 bits per heavy atom. The van der Waals surface area contributed by atoms with E-state index in [2.05, 4.69) is 6.92 Å². The standard InChI is InChI=1S/C10H22O2/c1-4-10(12-6-3)8-7-9-11-5-2/h10H,4-9H2,1-3H3. The quantitative estimate of drug-likeness (QED) is 0.527. The molecule has 1 unspecified atom stereocenters. The van der Waals surface area contributed by atoms with Crippen LogP contribution in [0.15, 0.2) is 0 Å². The van der Waals surface area contributed by atoms with Crippen molar-refractivity contribution in [3.8, 4) is 0 Å². The zero-order chi connectivity index (χ0) is 9.23. The molecule has 0 aromatic carbocycles. The van der Waals surface area contributed by atoms with Gasteiger partial charge in [-0.2, -0.15) is 0 Å². The molecule has 0 aromatic rings. The van der Waals surface area contributed by atoms with Crippen molar-refractivity contribution in [3.63, 3.8) is 0 Å². The largest absolute Gasteiger partial charge is 0.382 e. The molecule has 0 amide bonds. The Hall–Kier alpha value is -0.0800. The predicted molar refractivity (Wildman–Crippen MR) is 51.4 cm³/mol. The summed E-state index contributed by atoms with van der Waals surface area (Å²) in [5, 5.41) is 0. The average molecular weight is 174 g/mol. The Kier molecular flexibility index (Phi) is 8.95. The molecule has 0 aliphatic rings. The fourth-order valence-electron chi connectivity index (χ4n) is 1.20. The van der Waals surface area contributed by atoms with E-state index in [0.29, 0.717) is 6.10 Å². The van der Waals surface area contributed by atoms with Crippen molar-refractivity contribution in [1.29, 1.82) is 0 Å². The third kappa shape index (κ3) is 6.62. The minimum Gasteiger partial charge on any atom is -0.382 e. The number of rotatable bonds is 8. The van der Waals surface area contributed by atoms with E-state index in [-0.39, 0.29) is 0 Å². The highest BCUT2D eigenvalue weighted by molar-refractivity contribution is 4.54. The molecular formula is C10H22O2. The van der Waals surface area contributed by atoms with Gasteiger partial charge in [0.05, 0.1) is 6.10 Å². The third-order valence-electron chi connectivity index (χ3n) is 1.88. The van der Waals surface area contributed by atoms with Crippen LogP contribution in [0.3, 0.4) is 0 Å². The zero-order valence-corrected chi connectivity index (χ0v) is 8.64. The molecule has 2 nitrogen and oxygen atoms in total. The second-order valence-electron chi connectivity index (χ2n) is 2.82. The second kappa shape index (κ2) is 9.01. The minimum absolute atomic E-state index is 0.440. The van der Waals surface area contributed by atoms with E-state index in [9.17, 15) is 0 Å². The Labute approximate surface area is 76.3 Å². The Morgan fingerprint density at radius 2 is 1.83 bits per heavy atom. The van der Waals surface area contributed by atoms with E-state index in [0.717, 1.165) is 39.1 Å². The first-order valence-electron chi connectivity index (χ1n) is 5.04. The number of ether oxygens (including phenoxy) is 2. The van der Waals surface area contributed by atoms with Gasteiger partial charge in [-0.25, -0.2) is 0 Å². The van der Waals surface area contributed by atoms with Gasteiger partial charge in [0.15, 0.2) is 0 Å². The normalized spacial score (nSPS) is 13.2. The average Bonchev–Trinajstić information content (AvgIpc) is 2.10. The van der Waals surface area contributed by atoms with E-state index in [1.54, 1.807) is 0 Å². The highest BCUT2D eigenvalue weighted by Gasteiger charge is 2.03. The highest BCUT2D eigenvalue weighted by atomic mass is 16.5. The maximum absolute atomic E-state index is 5.52. The summed E-state index contributed by atoms with van der Waals surface area (Å²) in [6.45, 7) is 8.77. The van der Waals surface area contributed by atoms with Crippen molar-refractivity contribution in [3.05, 3.63) is 0 Å². The zero-order valence-electron chi connectivity index (χ0n) is 8.64. The van der Waals surface area contributed by atoms with Gasteiger partial charge in [-0.1, -0.05) is 6.92 Å². The van der Waals surface area contributed by atoms with Gasteiger partial charge in [-0.05, 0) is 33.1 Å². The van der Waals surface area contributed by atoms with E-state index in [1.807, 2.05) is 13.8 Å². The molecule has 0 spiro atoms. The third-order valence-corrected chi connectivity index (χ3v) is 1.88. The molecule has 12 heavy (non-hydrogen) atoms. The van der Waals surface area contributed by atoms with Crippen LogP contribution in [0.2, 0.25) is 0 Å². The summed E-state index contributed by atoms with van der Waals surface area (Å²) in [6, 6.07) is 0. The summed E-state index contributed by atoms with van der Waals surface area (Å²) in [5.74, 6) is 0. The first-order valence-corrected chi connectivity index (χ1v) is 5.04. The van der Waals surface area contributed by atoms with E-state index < -0.39 is 0 Å². The number of hydrogen-bond donors (Lipinski definition) is 0. The SMILES string of the molecule is CCOCCCC(CC)OCC. The number of hydrogen-bond acceptors (Lipinski definition) is 2. The van der Waals surface area contributed by atoms with Crippen LogP contribution in [0.4, 0.5) is 0 Å². The van der Waals surface area contributed by atoms with Gasteiger partial charge in [0, 0.05) is 19.8 Å². The molecule has 0 aliphatic heterocycles. The summed E-state index contributed by atoms with van der Waals surface area (Å²) in [5.41, 5.74) is 0. The molecule has 74 valence electrons. The van der Waals surface area contributed by atoms with Crippen LogP contribution in [-0.2, 0) is 9.47 Å². The first-order chi connectivity index (χ1) is 5.85. The van der Waals surface area contributed by atoms with Gasteiger partial charge in [0.1, 0.15) is 0 Å². The van der Waals surface area contributed by atoms with Crippen LogP contribution in [0.1, 0.15) is 40.0 Å². The molecule has 1 atom stereocenters. The molecule has 0 heterocycles. The van der Waals surface area contributed by atoms with Crippen molar-refractivity contribution in [2.24, 2.45) is 0 Å². The summed E-state index contributed by atoms with van der Waals surface area (Å²) >= 11 is 0. The van der Waals surface area contributed by atoms with E-state index in [4.69, 9.17) is 9.47 Å². The van der Waals surface area contributed by atoms with Crippen LogP contribution >= 0.6 is 0 Å². The van der Waals surface area contributed by atoms with Gasteiger partial charge in [-0.3, -0.25) is 0 Å². The lowest BCUT2D eigenvalue weighted by atomic mass is 10.1. The lowest BCUT2D eigenvalue weighted by molar-refractivity contribution is 0.0440. The van der Waals surface area contributed by atoms with Gasteiger partial charge >= 0.3 is 0 Å². The maximum Gasteiger partial charge on any atom is 0.0573 e. The van der Waals surface area contributed by atoms with Crippen molar-refractivity contribution in [1.82, 2.24) is 0 Å². The smallest absolute Gasteiger partial charge is 0.0573 e. The van der Waals surface area contributed by atoms with Crippen LogP contribution < -0.4 is 0 Å².